The Bertz CT molecular complexity index is 974. The van der Waals surface area contributed by atoms with Gasteiger partial charge in [0, 0.05) is 18.4 Å². The fourth-order valence-electron chi connectivity index (χ4n) is 3.48. The van der Waals surface area contributed by atoms with Crippen LogP contribution >= 0.6 is 0 Å². The van der Waals surface area contributed by atoms with E-state index in [2.05, 4.69) is 107 Å². The fourth-order valence-corrected chi connectivity index (χ4v) is 3.48. The molecular formula is C26H24N2. The molecule has 138 valence electrons. The molecule has 0 N–H and O–H groups in total. The lowest BCUT2D eigenvalue weighted by Gasteiger charge is -2.10. The summed E-state index contributed by atoms with van der Waals surface area (Å²) in [5.41, 5.74) is 6.36. The fraction of sp³-hybridized carbons (Fsp3) is 0.115. The minimum atomic E-state index is 0.865. The molecule has 0 bridgehead atoms. The number of rotatable bonds is 7. The number of benzene rings is 3. The van der Waals surface area contributed by atoms with Gasteiger partial charge < -0.3 is 4.57 Å². The van der Waals surface area contributed by atoms with Gasteiger partial charge in [-0.3, -0.25) is 0 Å². The van der Waals surface area contributed by atoms with Crippen LogP contribution in [0.2, 0.25) is 0 Å². The second kappa shape index (κ2) is 9.01. The van der Waals surface area contributed by atoms with E-state index in [4.69, 9.17) is 0 Å². The molecule has 4 aromatic rings. The SMILES string of the molecule is C(CCc1cncn1Cc1ccccc1)=C(c1ccccc1)c1ccccc1. The number of nitrogens with zero attached hydrogens (tertiary/aromatic N) is 2. The van der Waals surface area contributed by atoms with Crippen molar-refractivity contribution in [3.8, 4) is 0 Å². The third-order valence-electron chi connectivity index (χ3n) is 4.91. The topological polar surface area (TPSA) is 17.8 Å². The average Bonchev–Trinajstić information content (AvgIpc) is 3.20. The molecular weight excluding hydrogens is 340 g/mol. The van der Waals surface area contributed by atoms with Crippen molar-refractivity contribution in [2.45, 2.75) is 19.4 Å². The van der Waals surface area contributed by atoms with Gasteiger partial charge in [-0.2, -0.15) is 0 Å². The van der Waals surface area contributed by atoms with Gasteiger partial charge in [-0.25, -0.2) is 4.98 Å². The number of allylic oxidation sites excluding steroid dienone is 1. The molecule has 0 aliphatic heterocycles. The van der Waals surface area contributed by atoms with E-state index in [9.17, 15) is 0 Å². The standard InChI is InChI=1S/C26H24N2/c1-4-11-22(12-5-1)20-28-21-27-19-25(28)17-10-18-26(23-13-6-2-7-14-23)24-15-8-3-9-16-24/h1-9,11-16,18-19,21H,10,17,20H2. The van der Waals surface area contributed by atoms with Crippen LogP contribution < -0.4 is 0 Å². The number of aromatic nitrogens is 2. The molecule has 0 radical (unpaired) electrons. The van der Waals surface area contributed by atoms with Crippen molar-refractivity contribution in [1.29, 1.82) is 0 Å². The summed E-state index contributed by atoms with van der Waals surface area (Å²) >= 11 is 0. The molecule has 3 aromatic carbocycles. The van der Waals surface area contributed by atoms with Crippen LogP contribution in [0.25, 0.3) is 5.57 Å². The molecule has 0 unspecified atom stereocenters. The maximum Gasteiger partial charge on any atom is 0.0951 e. The molecule has 4 rings (SSSR count). The molecule has 0 spiro atoms. The third-order valence-corrected chi connectivity index (χ3v) is 4.91. The van der Waals surface area contributed by atoms with E-state index in [0.717, 1.165) is 19.4 Å². The zero-order chi connectivity index (χ0) is 19.0. The highest BCUT2D eigenvalue weighted by Crippen LogP contribution is 2.24. The van der Waals surface area contributed by atoms with Crippen LogP contribution in [0.5, 0.6) is 0 Å². The molecule has 0 aliphatic rings. The van der Waals surface area contributed by atoms with Gasteiger partial charge in [0.2, 0.25) is 0 Å². The number of aryl methyl sites for hydroxylation is 1. The largest absolute Gasteiger partial charge is 0.330 e. The summed E-state index contributed by atoms with van der Waals surface area (Å²) in [5, 5.41) is 0. The van der Waals surface area contributed by atoms with Crippen LogP contribution in [-0.4, -0.2) is 9.55 Å². The van der Waals surface area contributed by atoms with Crippen LogP contribution in [0, 0.1) is 0 Å². The van der Waals surface area contributed by atoms with E-state index in [1.165, 1.54) is 28.0 Å². The smallest absolute Gasteiger partial charge is 0.0951 e. The Morgan fingerprint density at radius 2 is 1.32 bits per heavy atom. The maximum absolute atomic E-state index is 4.37. The summed E-state index contributed by atoms with van der Waals surface area (Å²) in [6, 6.07) is 31.8. The van der Waals surface area contributed by atoms with Gasteiger partial charge >= 0.3 is 0 Å². The van der Waals surface area contributed by atoms with Crippen LogP contribution in [0.15, 0.2) is 110 Å². The van der Waals surface area contributed by atoms with Gasteiger partial charge in [0.25, 0.3) is 0 Å². The van der Waals surface area contributed by atoms with Gasteiger partial charge in [0.05, 0.1) is 6.33 Å². The molecule has 28 heavy (non-hydrogen) atoms. The molecule has 0 saturated carbocycles. The van der Waals surface area contributed by atoms with E-state index in [0.29, 0.717) is 0 Å². The molecule has 0 fully saturated rings. The zero-order valence-electron chi connectivity index (χ0n) is 15.9. The Hall–Kier alpha value is -3.39. The molecule has 0 atom stereocenters. The Kier molecular flexibility index (Phi) is 5.79. The van der Waals surface area contributed by atoms with Gasteiger partial charge in [-0.05, 0) is 35.1 Å². The summed E-state index contributed by atoms with van der Waals surface area (Å²) in [4.78, 5) is 4.37. The summed E-state index contributed by atoms with van der Waals surface area (Å²) in [5.74, 6) is 0. The lowest BCUT2D eigenvalue weighted by Crippen LogP contribution is -2.03. The maximum atomic E-state index is 4.37. The Labute approximate surface area is 166 Å². The van der Waals surface area contributed by atoms with Crippen LogP contribution in [0.3, 0.4) is 0 Å². The lowest BCUT2D eigenvalue weighted by molar-refractivity contribution is 0.734. The molecule has 1 heterocycles. The molecule has 0 saturated heterocycles. The minimum Gasteiger partial charge on any atom is -0.330 e. The van der Waals surface area contributed by atoms with Crippen molar-refractivity contribution < 1.29 is 0 Å². The first-order chi connectivity index (χ1) is 13.9. The van der Waals surface area contributed by atoms with Crippen LogP contribution in [0.1, 0.15) is 28.8 Å². The first kappa shape index (κ1) is 18.0. The zero-order valence-corrected chi connectivity index (χ0v) is 15.9. The molecule has 0 aliphatic carbocycles. The highest BCUT2D eigenvalue weighted by atomic mass is 15.0. The monoisotopic (exact) mass is 364 g/mol. The van der Waals surface area contributed by atoms with E-state index in [1.807, 2.05) is 12.5 Å². The molecule has 2 nitrogen and oxygen atoms in total. The number of hydrogen-bond donors (Lipinski definition) is 0. The Morgan fingerprint density at radius 1 is 0.750 bits per heavy atom. The van der Waals surface area contributed by atoms with Crippen LogP contribution in [0.4, 0.5) is 0 Å². The average molecular weight is 364 g/mol. The number of imidazole rings is 1. The first-order valence-corrected chi connectivity index (χ1v) is 9.74. The molecule has 1 aromatic heterocycles. The van der Waals surface area contributed by atoms with Gasteiger partial charge in [-0.15, -0.1) is 0 Å². The van der Waals surface area contributed by atoms with Crippen molar-refractivity contribution in [3.63, 3.8) is 0 Å². The van der Waals surface area contributed by atoms with Gasteiger partial charge in [0.15, 0.2) is 0 Å². The highest BCUT2D eigenvalue weighted by molar-refractivity contribution is 5.79. The quantitative estimate of drug-likeness (QED) is 0.393. The summed E-state index contributed by atoms with van der Waals surface area (Å²) < 4.78 is 2.24. The first-order valence-electron chi connectivity index (χ1n) is 9.74. The van der Waals surface area contributed by atoms with Crippen molar-refractivity contribution in [3.05, 3.63) is 132 Å². The third kappa shape index (κ3) is 4.47. The van der Waals surface area contributed by atoms with Gasteiger partial charge in [-0.1, -0.05) is 97.1 Å². The molecule has 2 heteroatoms. The van der Waals surface area contributed by atoms with E-state index in [1.54, 1.807) is 0 Å². The summed E-state index contributed by atoms with van der Waals surface area (Å²) in [7, 11) is 0. The number of hydrogen-bond acceptors (Lipinski definition) is 1. The second-order valence-corrected chi connectivity index (χ2v) is 6.89. The minimum absolute atomic E-state index is 0.865. The van der Waals surface area contributed by atoms with E-state index < -0.39 is 0 Å². The van der Waals surface area contributed by atoms with Crippen molar-refractivity contribution in [2.24, 2.45) is 0 Å². The lowest BCUT2D eigenvalue weighted by atomic mass is 9.96. The van der Waals surface area contributed by atoms with E-state index in [-0.39, 0.29) is 0 Å². The van der Waals surface area contributed by atoms with Crippen molar-refractivity contribution >= 4 is 5.57 Å². The predicted octanol–water partition coefficient (Wildman–Crippen LogP) is 6.00. The summed E-state index contributed by atoms with van der Waals surface area (Å²) in [6.45, 7) is 0.865. The van der Waals surface area contributed by atoms with Crippen molar-refractivity contribution in [2.75, 3.05) is 0 Å². The van der Waals surface area contributed by atoms with Crippen LogP contribution in [-0.2, 0) is 13.0 Å². The summed E-state index contributed by atoms with van der Waals surface area (Å²) in [6.07, 6.45) is 8.21. The van der Waals surface area contributed by atoms with E-state index >= 15 is 0 Å². The second-order valence-electron chi connectivity index (χ2n) is 6.89. The Balaban J connectivity index is 1.52. The highest BCUT2D eigenvalue weighted by Gasteiger charge is 2.06. The molecule has 0 amide bonds. The Morgan fingerprint density at radius 3 is 1.93 bits per heavy atom. The normalized spacial score (nSPS) is 10.6. The van der Waals surface area contributed by atoms with Gasteiger partial charge in [0.1, 0.15) is 0 Å². The van der Waals surface area contributed by atoms with Crippen molar-refractivity contribution in [1.82, 2.24) is 9.55 Å². The predicted molar refractivity (Wildman–Crippen MR) is 116 cm³/mol.